The summed E-state index contributed by atoms with van der Waals surface area (Å²) in [5, 5.41) is 7.53. The minimum absolute atomic E-state index is 0.00618. The number of halogens is 1. The van der Waals surface area contributed by atoms with Gasteiger partial charge in [0.25, 0.3) is 0 Å². The SMILES string of the molecule is CN(Cc1ccc(Cl)cc1)C(=O)CSc1n[nH]c(N)n1. The molecule has 0 radical (unpaired) electrons. The predicted molar refractivity (Wildman–Crippen MR) is 79.4 cm³/mol. The maximum Gasteiger partial charge on any atom is 0.233 e. The third-order valence-electron chi connectivity index (χ3n) is 2.57. The number of aromatic nitrogens is 3. The molecule has 0 saturated heterocycles. The summed E-state index contributed by atoms with van der Waals surface area (Å²) >= 11 is 7.06. The summed E-state index contributed by atoms with van der Waals surface area (Å²) < 4.78 is 0. The van der Waals surface area contributed by atoms with Crippen molar-refractivity contribution in [2.75, 3.05) is 18.5 Å². The van der Waals surface area contributed by atoms with Gasteiger partial charge >= 0.3 is 0 Å². The van der Waals surface area contributed by atoms with Crippen LogP contribution in [-0.2, 0) is 11.3 Å². The molecule has 0 fully saturated rings. The number of aromatic amines is 1. The summed E-state index contributed by atoms with van der Waals surface area (Å²) in [7, 11) is 1.75. The minimum atomic E-state index is -0.00618. The third kappa shape index (κ3) is 4.14. The first-order chi connectivity index (χ1) is 9.54. The molecule has 1 heterocycles. The molecule has 20 heavy (non-hydrogen) atoms. The highest BCUT2D eigenvalue weighted by atomic mass is 35.5. The molecule has 0 saturated carbocycles. The van der Waals surface area contributed by atoms with Crippen molar-refractivity contribution in [1.82, 2.24) is 20.1 Å². The van der Waals surface area contributed by atoms with Crippen LogP contribution in [0.1, 0.15) is 5.56 Å². The number of rotatable bonds is 5. The Kier molecular flexibility index (Phi) is 4.86. The van der Waals surface area contributed by atoms with Crippen LogP contribution in [-0.4, -0.2) is 38.8 Å². The van der Waals surface area contributed by atoms with Gasteiger partial charge in [0, 0.05) is 18.6 Å². The van der Waals surface area contributed by atoms with Gasteiger partial charge in [0.05, 0.1) is 5.75 Å². The van der Waals surface area contributed by atoms with Gasteiger partial charge < -0.3 is 10.6 Å². The van der Waals surface area contributed by atoms with E-state index in [1.165, 1.54) is 11.8 Å². The minimum Gasteiger partial charge on any atom is -0.368 e. The highest BCUT2D eigenvalue weighted by Gasteiger charge is 2.11. The van der Waals surface area contributed by atoms with E-state index in [-0.39, 0.29) is 17.6 Å². The van der Waals surface area contributed by atoms with Crippen molar-refractivity contribution in [2.45, 2.75) is 11.7 Å². The number of carbonyl (C=O) groups excluding carboxylic acids is 1. The van der Waals surface area contributed by atoms with Gasteiger partial charge in [0.1, 0.15) is 0 Å². The van der Waals surface area contributed by atoms with Crippen molar-refractivity contribution in [3.63, 3.8) is 0 Å². The van der Waals surface area contributed by atoms with Crippen LogP contribution in [0, 0.1) is 0 Å². The van der Waals surface area contributed by atoms with E-state index < -0.39 is 0 Å². The molecule has 1 aromatic carbocycles. The number of benzene rings is 1. The van der Waals surface area contributed by atoms with E-state index in [0.717, 1.165) is 5.56 Å². The lowest BCUT2D eigenvalue weighted by Gasteiger charge is -2.16. The van der Waals surface area contributed by atoms with E-state index in [0.29, 0.717) is 16.7 Å². The fourth-order valence-electron chi connectivity index (χ4n) is 1.51. The van der Waals surface area contributed by atoms with Crippen LogP contribution >= 0.6 is 23.4 Å². The average Bonchev–Trinajstić information content (AvgIpc) is 2.84. The highest BCUT2D eigenvalue weighted by Crippen LogP contribution is 2.15. The smallest absolute Gasteiger partial charge is 0.233 e. The second-order valence-electron chi connectivity index (χ2n) is 4.17. The second kappa shape index (κ2) is 6.62. The number of nitrogen functional groups attached to an aromatic ring is 1. The number of H-pyrrole nitrogens is 1. The molecule has 0 aliphatic heterocycles. The van der Waals surface area contributed by atoms with Crippen molar-refractivity contribution in [3.05, 3.63) is 34.9 Å². The Balaban J connectivity index is 1.84. The average molecular weight is 312 g/mol. The molecule has 2 aromatic rings. The second-order valence-corrected chi connectivity index (χ2v) is 5.55. The van der Waals surface area contributed by atoms with Crippen LogP contribution in [0.4, 0.5) is 5.95 Å². The van der Waals surface area contributed by atoms with Crippen LogP contribution < -0.4 is 5.73 Å². The van der Waals surface area contributed by atoms with Crippen LogP contribution in [0.15, 0.2) is 29.4 Å². The van der Waals surface area contributed by atoms with E-state index in [1.807, 2.05) is 12.1 Å². The third-order valence-corrected chi connectivity index (χ3v) is 3.65. The molecule has 2 rings (SSSR count). The lowest BCUT2D eigenvalue weighted by atomic mass is 10.2. The first-order valence-corrected chi connectivity index (χ1v) is 7.20. The standard InChI is InChI=1S/C12H14ClN5OS/c1-18(6-8-2-4-9(13)5-3-8)10(19)7-20-12-15-11(14)16-17-12/h2-5H,6-7H2,1H3,(H3,14,15,16,17). The summed E-state index contributed by atoms with van der Waals surface area (Å²) in [6, 6.07) is 7.41. The lowest BCUT2D eigenvalue weighted by molar-refractivity contribution is -0.127. The molecule has 0 aliphatic rings. The topological polar surface area (TPSA) is 87.9 Å². The number of hydrogen-bond acceptors (Lipinski definition) is 5. The first kappa shape index (κ1) is 14.7. The van der Waals surface area contributed by atoms with Gasteiger partial charge in [-0.3, -0.25) is 4.79 Å². The molecule has 0 atom stereocenters. The summed E-state index contributed by atoms with van der Waals surface area (Å²) in [4.78, 5) is 17.5. The number of nitrogens with one attached hydrogen (secondary N) is 1. The molecule has 1 aromatic heterocycles. The Labute approximate surface area is 125 Å². The Morgan fingerprint density at radius 1 is 1.45 bits per heavy atom. The van der Waals surface area contributed by atoms with Gasteiger partial charge in [-0.15, -0.1) is 5.10 Å². The fourth-order valence-corrected chi connectivity index (χ4v) is 2.38. The van der Waals surface area contributed by atoms with Crippen LogP contribution in [0.25, 0.3) is 0 Å². The van der Waals surface area contributed by atoms with Crippen molar-refractivity contribution < 1.29 is 4.79 Å². The van der Waals surface area contributed by atoms with E-state index in [4.69, 9.17) is 17.3 Å². The molecule has 1 amide bonds. The molecule has 8 heteroatoms. The zero-order valence-corrected chi connectivity index (χ0v) is 12.4. The number of nitrogens with zero attached hydrogens (tertiary/aromatic N) is 3. The van der Waals surface area contributed by atoms with Crippen molar-refractivity contribution >= 4 is 35.2 Å². The molecular weight excluding hydrogens is 298 g/mol. The molecular formula is C12H14ClN5OS. The largest absolute Gasteiger partial charge is 0.368 e. The monoisotopic (exact) mass is 311 g/mol. The molecule has 0 spiro atoms. The van der Waals surface area contributed by atoms with Gasteiger partial charge in [0.2, 0.25) is 17.0 Å². The number of anilines is 1. The first-order valence-electron chi connectivity index (χ1n) is 5.83. The highest BCUT2D eigenvalue weighted by molar-refractivity contribution is 7.99. The zero-order valence-electron chi connectivity index (χ0n) is 10.8. The quantitative estimate of drug-likeness (QED) is 0.822. The van der Waals surface area contributed by atoms with Crippen LogP contribution in [0.5, 0.6) is 0 Å². The molecule has 3 N–H and O–H groups in total. The fraction of sp³-hybridized carbons (Fsp3) is 0.250. The van der Waals surface area contributed by atoms with E-state index >= 15 is 0 Å². The Bertz CT molecular complexity index is 586. The molecule has 6 nitrogen and oxygen atoms in total. The summed E-state index contributed by atoms with van der Waals surface area (Å²) in [5.41, 5.74) is 6.44. The van der Waals surface area contributed by atoms with Crippen molar-refractivity contribution in [3.8, 4) is 0 Å². The maximum atomic E-state index is 12.0. The van der Waals surface area contributed by atoms with E-state index in [9.17, 15) is 4.79 Å². The van der Waals surface area contributed by atoms with Crippen LogP contribution in [0.3, 0.4) is 0 Å². The number of hydrogen-bond donors (Lipinski definition) is 2. The normalized spacial score (nSPS) is 10.5. The van der Waals surface area contributed by atoms with Gasteiger partial charge in [-0.05, 0) is 17.7 Å². The van der Waals surface area contributed by atoms with Crippen molar-refractivity contribution in [2.24, 2.45) is 0 Å². The van der Waals surface area contributed by atoms with E-state index in [2.05, 4.69) is 15.2 Å². The summed E-state index contributed by atoms with van der Waals surface area (Å²) in [5.74, 6) is 0.504. The number of nitrogens with two attached hydrogens (primary N) is 1. The zero-order chi connectivity index (χ0) is 14.5. The number of thioether (sulfide) groups is 1. The lowest BCUT2D eigenvalue weighted by Crippen LogP contribution is -2.27. The Hall–Kier alpha value is -1.73. The summed E-state index contributed by atoms with van der Waals surface area (Å²) in [6.45, 7) is 0.534. The maximum absolute atomic E-state index is 12.0. The molecule has 0 aliphatic carbocycles. The number of amides is 1. The predicted octanol–water partition coefficient (Wildman–Crippen LogP) is 1.79. The molecule has 0 unspecified atom stereocenters. The number of carbonyl (C=O) groups is 1. The van der Waals surface area contributed by atoms with Gasteiger partial charge in [-0.25, -0.2) is 5.10 Å². The Morgan fingerprint density at radius 2 is 2.15 bits per heavy atom. The molecule has 106 valence electrons. The van der Waals surface area contributed by atoms with E-state index in [1.54, 1.807) is 24.1 Å². The molecule has 0 bridgehead atoms. The summed E-state index contributed by atoms with van der Waals surface area (Å²) in [6.07, 6.45) is 0. The van der Waals surface area contributed by atoms with Crippen molar-refractivity contribution in [1.29, 1.82) is 0 Å². The Morgan fingerprint density at radius 3 is 2.75 bits per heavy atom. The van der Waals surface area contributed by atoms with Gasteiger partial charge in [-0.1, -0.05) is 35.5 Å². The van der Waals surface area contributed by atoms with Crippen LogP contribution in [0.2, 0.25) is 5.02 Å². The van der Waals surface area contributed by atoms with Gasteiger partial charge in [0.15, 0.2) is 0 Å². The van der Waals surface area contributed by atoms with Gasteiger partial charge in [-0.2, -0.15) is 4.98 Å².